The van der Waals surface area contributed by atoms with Crippen molar-refractivity contribution < 1.29 is 183 Å². The summed E-state index contributed by atoms with van der Waals surface area (Å²) in [5.74, 6) is -1.91. The molecule has 38 heteroatoms. The zero-order chi connectivity index (χ0) is 62.7. The molecule has 0 unspecified atom stereocenters. The number of rotatable bonds is 11. The Morgan fingerprint density at radius 2 is 0.512 bits per heavy atom. The van der Waals surface area contributed by atoms with Crippen molar-refractivity contribution in [3.05, 3.63) is 12.2 Å². The van der Waals surface area contributed by atoms with Crippen LogP contribution in [0.3, 0.4) is 0 Å². The molecule has 21 aliphatic rings. The van der Waals surface area contributed by atoms with E-state index < -0.39 is 273 Å². The largest absolute Gasteiger partial charge is 0.463 e. The second-order valence-electron chi connectivity index (χ2n) is 21.3. The third kappa shape index (κ3) is 14.5. The zero-order valence-electron chi connectivity index (χ0n) is 45.4. The molecule has 14 bridgehead atoms. The molecule has 38 nitrogen and oxygen atoms in total. The highest BCUT2D eigenvalue weighted by Crippen LogP contribution is 2.39. The summed E-state index contributed by atoms with van der Waals surface area (Å²) in [6, 6.07) is 0. The van der Waals surface area contributed by atoms with Gasteiger partial charge in [-0.05, 0) is 6.92 Å². The summed E-state index contributed by atoms with van der Waals surface area (Å²) in [6.45, 7) is -5.78. The first-order valence-electron chi connectivity index (χ1n) is 27.4. The van der Waals surface area contributed by atoms with Gasteiger partial charge in [-0.1, -0.05) is 0 Å². The van der Waals surface area contributed by atoms with Crippen molar-refractivity contribution in [2.75, 3.05) is 52.8 Å². The molecule has 1 amide bonds. The minimum absolute atomic E-state index is 0.0489. The standard InChI is InChI=1S/C48H77NO37/c1-2-72-20(57)4-3-19(56)49-5-12-35-21(58)28(65)42(73-12)81-36-13(6-50)75-44(30(67)23(36)60)83-38-15(8-52)77-46(32(69)25(38)62)85-40-17(10-54)79-48(34(71)27(40)64)86-41-18(11-55)78-47(33(70)26(41)63)84-39-16(9-53)76-45(31(68)24(39)61)82-37-14(7-51)74-43(80-35)29(66)22(37)59/h3-4,12-18,21-48,50-55,58-71H,2,5-11H2,1H3,(H,49,56)/b4-3+/t12-,13+,14-,15+,16-,17+,18-,21+,22+,23+,24+,25-,26+,27+,28+,29+,30-,31+,32-,33+,34+,35+,36+,37+,38+,39+,40+,41+,42+,43+,44+,45+,46+,47+,48+/m0/s1. The molecule has 0 radical (unpaired) electrons. The molecule has 21 N–H and O–H groups in total. The fraction of sp³-hybridized carbons (Fsp3) is 0.917. The fourth-order valence-corrected chi connectivity index (χ4v) is 11.0. The Kier molecular flexibility index (Phi) is 24.3. The third-order valence-corrected chi connectivity index (χ3v) is 15.7. The van der Waals surface area contributed by atoms with Gasteiger partial charge in [0, 0.05) is 18.7 Å². The van der Waals surface area contributed by atoms with E-state index in [-0.39, 0.29) is 6.61 Å². The van der Waals surface area contributed by atoms with E-state index in [2.05, 4.69) is 5.32 Å². The molecule has 21 heterocycles. The Bertz CT molecular complexity index is 2160. The van der Waals surface area contributed by atoms with Gasteiger partial charge in [0.15, 0.2) is 44.0 Å². The van der Waals surface area contributed by atoms with Gasteiger partial charge in [0.2, 0.25) is 5.91 Å². The average molecular weight is 1260 g/mol. The number of aliphatic hydroxyl groups excluding tert-OH is 20. The van der Waals surface area contributed by atoms with Crippen molar-refractivity contribution >= 4 is 11.9 Å². The van der Waals surface area contributed by atoms with E-state index in [1.807, 2.05) is 0 Å². The first-order chi connectivity index (χ1) is 40.9. The lowest BCUT2D eigenvalue weighted by atomic mass is 9.95. The highest BCUT2D eigenvalue weighted by Gasteiger charge is 2.59. The van der Waals surface area contributed by atoms with Crippen LogP contribution in [-0.2, 0) is 80.6 Å². The summed E-state index contributed by atoms with van der Waals surface area (Å²) >= 11 is 0. The molecule has 21 saturated heterocycles. The Labute approximate surface area is 486 Å². The Morgan fingerprint density at radius 3 is 0.709 bits per heavy atom. The van der Waals surface area contributed by atoms with E-state index in [1.165, 1.54) is 6.92 Å². The molecular weight excluding hydrogens is 1180 g/mol. The highest BCUT2D eigenvalue weighted by atomic mass is 16.8. The number of ether oxygens (including phenoxy) is 15. The third-order valence-electron chi connectivity index (χ3n) is 15.7. The number of nitrogens with one attached hydrogen (secondary N) is 1. The molecule has 0 saturated carbocycles. The predicted molar refractivity (Wildman–Crippen MR) is 260 cm³/mol. The highest BCUT2D eigenvalue weighted by molar-refractivity contribution is 5.94. The minimum atomic E-state index is -2.30. The normalized spacial score (nSPS) is 50.7. The van der Waals surface area contributed by atoms with Gasteiger partial charge in [0.1, 0.15) is 171 Å². The molecule has 21 fully saturated rings. The monoisotopic (exact) mass is 1260 g/mol. The van der Waals surface area contributed by atoms with Crippen molar-refractivity contribution in [2.45, 2.75) is 222 Å². The Morgan fingerprint density at radius 1 is 0.314 bits per heavy atom. The first kappa shape index (κ1) is 69.2. The Hall–Kier alpha value is -2.68. The number of esters is 1. The van der Waals surface area contributed by atoms with E-state index >= 15 is 0 Å². The molecule has 86 heavy (non-hydrogen) atoms. The van der Waals surface area contributed by atoms with Gasteiger partial charge in [-0.2, -0.15) is 0 Å². The van der Waals surface area contributed by atoms with Gasteiger partial charge in [0.25, 0.3) is 0 Å². The summed E-state index contributed by atoms with van der Waals surface area (Å²) in [6.07, 6.45) is -70.5. The quantitative estimate of drug-likeness (QED) is 0.0675. The second-order valence-corrected chi connectivity index (χ2v) is 21.3. The van der Waals surface area contributed by atoms with Crippen LogP contribution in [0.5, 0.6) is 0 Å². The number of amides is 1. The topological polar surface area (TPSA) is 589 Å². The van der Waals surface area contributed by atoms with Crippen molar-refractivity contribution in [2.24, 2.45) is 0 Å². The van der Waals surface area contributed by atoms with E-state index in [4.69, 9.17) is 71.1 Å². The number of aliphatic hydroxyl groups is 20. The van der Waals surface area contributed by atoms with Gasteiger partial charge in [-0.25, -0.2) is 4.79 Å². The summed E-state index contributed by atoms with van der Waals surface area (Å²) in [5.41, 5.74) is 0. The van der Waals surface area contributed by atoms with E-state index in [0.717, 1.165) is 12.2 Å². The predicted octanol–water partition coefficient (Wildman–Crippen LogP) is -15.0. The summed E-state index contributed by atoms with van der Waals surface area (Å²) < 4.78 is 85.2. The molecule has 0 aliphatic carbocycles. The minimum Gasteiger partial charge on any atom is -0.463 e. The van der Waals surface area contributed by atoms with E-state index in [9.17, 15) is 112 Å². The Balaban J connectivity index is 1.10. The van der Waals surface area contributed by atoms with Crippen molar-refractivity contribution in [3.8, 4) is 0 Å². The number of hydrogen-bond acceptors (Lipinski definition) is 37. The molecule has 0 aromatic rings. The SMILES string of the molecule is CCOC(=O)/C=C/C(=O)NC[C@@H]1O[C@@H]2O[C@H]3[C@H](O)[C@H](O)[C@@H](O[C@H]4[C@@H](O)[C@H](O)[C@@H](O[C@H]5[C@H](O)[C@@H](O)[C@@H](O[C@H]6[C@H](O)[C@@H](O)[C@@H](O[C@H]7[C@H](O)[C@@H](O)[C@@H](O[C@H]8[C@H](O)[C@@H](O)[C@@H](O[C@H]1[C@H](O)[C@H]2O)O[C@H]8CO)O[C@H]7CO)O[C@H]6CO)O[C@@H]5CO)O[C@@H]4CO)O[C@@H]3CO. The van der Waals surface area contributed by atoms with Crippen molar-refractivity contribution in [1.82, 2.24) is 5.32 Å². The van der Waals surface area contributed by atoms with Gasteiger partial charge >= 0.3 is 5.97 Å². The molecule has 35 atom stereocenters. The summed E-state index contributed by atoms with van der Waals surface area (Å²) in [5, 5.41) is 225. The van der Waals surface area contributed by atoms with Crippen LogP contribution < -0.4 is 5.32 Å². The summed E-state index contributed by atoms with van der Waals surface area (Å²) in [4.78, 5) is 24.9. The smallest absolute Gasteiger partial charge is 0.330 e. The maximum atomic E-state index is 12.9. The maximum absolute atomic E-state index is 12.9. The van der Waals surface area contributed by atoms with Crippen LogP contribution >= 0.6 is 0 Å². The van der Waals surface area contributed by atoms with Crippen LogP contribution in [0.1, 0.15) is 6.92 Å². The fourth-order valence-electron chi connectivity index (χ4n) is 11.0. The first-order valence-corrected chi connectivity index (χ1v) is 27.4. The molecule has 496 valence electrons. The van der Waals surface area contributed by atoms with Gasteiger partial charge in [0.05, 0.1) is 46.2 Å². The van der Waals surface area contributed by atoms with Crippen molar-refractivity contribution in [3.63, 3.8) is 0 Å². The van der Waals surface area contributed by atoms with Crippen LogP contribution in [0.15, 0.2) is 12.2 Å². The van der Waals surface area contributed by atoms with Crippen LogP contribution in [0.2, 0.25) is 0 Å². The van der Waals surface area contributed by atoms with Gasteiger partial charge in [-0.15, -0.1) is 0 Å². The van der Waals surface area contributed by atoms with E-state index in [0.29, 0.717) is 0 Å². The number of hydrogen-bond donors (Lipinski definition) is 21. The lowest BCUT2D eigenvalue weighted by Crippen LogP contribution is -2.68. The molecule has 0 aromatic heterocycles. The van der Waals surface area contributed by atoms with Crippen LogP contribution in [0.25, 0.3) is 0 Å². The van der Waals surface area contributed by atoms with Gasteiger partial charge < -0.3 is 179 Å². The lowest BCUT2D eigenvalue weighted by Gasteiger charge is -2.50. The van der Waals surface area contributed by atoms with Crippen LogP contribution in [0, 0.1) is 0 Å². The molecule has 21 rings (SSSR count). The molecule has 21 aliphatic heterocycles. The lowest BCUT2D eigenvalue weighted by molar-refractivity contribution is -0.396. The van der Waals surface area contributed by atoms with Crippen molar-refractivity contribution in [1.29, 1.82) is 0 Å². The zero-order valence-corrected chi connectivity index (χ0v) is 45.4. The number of carbonyl (C=O) groups is 2. The second kappa shape index (κ2) is 30.2. The average Bonchev–Trinajstić information content (AvgIpc) is 0.997. The van der Waals surface area contributed by atoms with Crippen LogP contribution in [0.4, 0.5) is 0 Å². The van der Waals surface area contributed by atoms with E-state index in [1.54, 1.807) is 0 Å². The van der Waals surface area contributed by atoms with Gasteiger partial charge in [-0.3, -0.25) is 4.79 Å². The molecular formula is C48H77NO37. The molecule has 0 aromatic carbocycles. The number of carbonyl (C=O) groups excluding carboxylic acids is 2. The molecule has 0 spiro atoms. The summed E-state index contributed by atoms with van der Waals surface area (Å²) in [7, 11) is 0. The maximum Gasteiger partial charge on any atom is 0.330 e. The van der Waals surface area contributed by atoms with Crippen LogP contribution in [-0.4, -0.2) is 382 Å².